The van der Waals surface area contributed by atoms with Crippen LogP contribution in [0.5, 0.6) is 0 Å². The standard InChI is InChI=1S/C21H31N4O5P.C14H21N3O4.C7H11ClNOP.C7H13NO.C6H15N.C5H11NO.Cl3P/c1-5-15-14-8-7-10-25(14)31(29-15)30-17-12-19(28-16(17)6-2)24-11-9-18(23-21(24)27)22-20(26)13(3)4;1-4-10-9(18)7-12(21-10)17-6-5-11(16-14(17)20)15-13(19)8(2)3;1-2-7-6-4-3-5-9(6)11(8)10-7;1-2-7(9)6-4-3-5-8-6;1-4-7(5-2)6-3;1-6-2-4-7-5-3-6;1-4(2)3/h5,9,11,13-17,19H,1,6-8,10,12H2,2-4H3,(H,22,23,26,27);5-6,8-10,12,18H,4,7H2,1-3H3,(H,15,16,19,20);2,6-7H,1,3-5H2;2,6-9H,1,3-5H2;4-6H2,1-3H3;2-5H2,1H3;/t14-,15+,16+,17?,19+,31?;9?,10-,12-;6-,7+,11?;6-,7+;;;/m0100.../s1. The van der Waals surface area contributed by atoms with E-state index in [1.54, 1.807) is 52.1 Å². The molecule has 2 aromatic heterocycles. The molecule has 8 fully saturated rings. The van der Waals surface area contributed by atoms with E-state index in [-0.39, 0.29) is 78.0 Å². The number of halogens is 4. The number of rotatable bonds is 17. The van der Waals surface area contributed by atoms with Gasteiger partial charge in [0.05, 0.1) is 55.9 Å². The number of nitrogens with zero attached hydrogens (tertiary/aromatic N) is 8. The molecule has 2 amide bonds. The number of fused-ring (bicyclic) bond motifs is 2. The first-order valence-corrected chi connectivity index (χ1v) is 38.9. The highest BCUT2D eigenvalue weighted by Crippen LogP contribution is 2.59. The number of aliphatic hydroxyl groups excluding tert-OH is 2. The van der Waals surface area contributed by atoms with Crippen LogP contribution in [0.25, 0.3) is 0 Å². The van der Waals surface area contributed by atoms with E-state index < -0.39 is 52.1 Å². The van der Waals surface area contributed by atoms with Crippen LogP contribution in [0.3, 0.4) is 0 Å². The zero-order chi connectivity index (χ0) is 66.6. The third kappa shape index (κ3) is 25.8. The Bertz CT molecular complexity index is 2570. The van der Waals surface area contributed by atoms with Crippen LogP contribution in [0.2, 0.25) is 0 Å². The van der Waals surface area contributed by atoms with Crippen LogP contribution in [0.1, 0.15) is 139 Å². The number of hydrogen-bond donors (Lipinski definition) is 5. The van der Waals surface area contributed by atoms with Gasteiger partial charge in [0.15, 0.2) is 5.98 Å². The molecule has 0 saturated carbocycles. The molecule has 0 aromatic carbocycles. The van der Waals surface area contributed by atoms with Crippen LogP contribution in [0, 0.1) is 11.8 Å². The molecule has 0 aliphatic carbocycles. The van der Waals surface area contributed by atoms with Crippen molar-refractivity contribution in [3.63, 3.8) is 0 Å². The summed E-state index contributed by atoms with van der Waals surface area (Å²) in [6.07, 6.45) is 15.5. The lowest BCUT2D eigenvalue weighted by atomic mass is 10.1. The van der Waals surface area contributed by atoms with Gasteiger partial charge in [0.1, 0.15) is 24.1 Å². The number of hydrogen-bond acceptors (Lipinski definition) is 19. The van der Waals surface area contributed by atoms with E-state index in [0.717, 1.165) is 71.6 Å². The zero-order valence-corrected chi connectivity index (χ0v) is 60.0. The molecule has 5 N–H and O–H groups in total. The second kappa shape index (κ2) is 42.4. The molecule has 2 aromatic rings. The average molecular weight is 1400 g/mol. The minimum atomic E-state index is -1.20. The predicted molar refractivity (Wildman–Crippen MR) is 365 cm³/mol. The Morgan fingerprint density at radius 2 is 1.27 bits per heavy atom. The molecule has 0 spiro atoms. The van der Waals surface area contributed by atoms with Gasteiger partial charge in [-0.2, -0.15) is 9.97 Å². The molecule has 512 valence electrons. The fraction of sp³-hybridized carbons (Fsp3) is 0.733. The molecule has 23 nitrogen and oxygen atoms in total. The van der Waals surface area contributed by atoms with Gasteiger partial charge in [-0.05, 0) is 108 Å². The Morgan fingerprint density at radius 3 is 1.68 bits per heavy atom. The largest absolute Gasteiger partial charge is 0.390 e. The zero-order valence-electron chi connectivity index (χ0n) is 54.3. The number of carbonyl (C=O) groups excluding carboxylic acids is 2. The van der Waals surface area contributed by atoms with Crippen LogP contribution in [0.4, 0.5) is 11.6 Å². The lowest BCUT2D eigenvalue weighted by Crippen LogP contribution is -2.32. The summed E-state index contributed by atoms with van der Waals surface area (Å²) in [6.45, 7) is 39.5. The number of amides is 2. The number of likely N-dealkylation sites (N-methyl/N-ethyl adjacent to an activating group) is 1. The quantitative estimate of drug-likeness (QED) is 0.0729. The van der Waals surface area contributed by atoms with E-state index in [1.165, 1.54) is 54.2 Å². The highest BCUT2D eigenvalue weighted by Gasteiger charge is 2.49. The van der Waals surface area contributed by atoms with Crippen molar-refractivity contribution in [2.24, 2.45) is 11.8 Å². The van der Waals surface area contributed by atoms with Gasteiger partial charge in [0.2, 0.25) is 19.5 Å². The Labute approximate surface area is 557 Å². The van der Waals surface area contributed by atoms with Crippen molar-refractivity contribution >= 4 is 90.6 Å². The van der Waals surface area contributed by atoms with Crippen LogP contribution in [-0.4, -0.2) is 194 Å². The van der Waals surface area contributed by atoms with E-state index in [0.29, 0.717) is 31.3 Å². The maximum absolute atomic E-state index is 12.6. The van der Waals surface area contributed by atoms with E-state index in [2.05, 4.69) is 92.6 Å². The van der Waals surface area contributed by atoms with Crippen molar-refractivity contribution in [3.05, 3.63) is 83.5 Å². The van der Waals surface area contributed by atoms with Gasteiger partial charge in [0.25, 0.3) is 8.53 Å². The number of anilines is 2. The summed E-state index contributed by atoms with van der Waals surface area (Å²) in [5, 5.41) is 27.4. The minimum Gasteiger partial charge on any atom is -0.390 e. The van der Waals surface area contributed by atoms with E-state index in [9.17, 15) is 29.4 Å². The molecule has 10 heterocycles. The summed E-state index contributed by atoms with van der Waals surface area (Å²) in [6, 6.07) is 4.31. The summed E-state index contributed by atoms with van der Waals surface area (Å²) < 4.78 is 42.3. The molecule has 10 rings (SSSR count). The first-order valence-electron chi connectivity index (χ1n) is 31.6. The number of nitrogens with one attached hydrogen (secondary N) is 3. The van der Waals surface area contributed by atoms with Crippen LogP contribution >= 0.6 is 67.1 Å². The Hall–Kier alpha value is -2.15. The highest BCUT2D eigenvalue weighted by molar-refractivity contribution is 8.20. The first-order chi connectivity index (χ1) is 43.0. The van der Waals surface area contributed by atoms with E-state index >= 15 is 0 Å². The maximum Gasteiger partial charge on any atom is 0.351 e. The van der Waals surface area contributed by atoms with Crippen LogP contribution in [-0.2, 0) is 37.4 Å². The van der Waals surface area contributed by atoms with Crippen molar-refractivity contribution in [2.45, 2.75) is 200 Å². The smallest absolute Gasteiger partial charge is 0.351 e. The van der Waals surface area contributed by atoms with Gasteiger partial charge < -0.3 is 63.7 Å². The summed E-state index contributed by atoms with van der Waals surface area (Å²) in [5.74, 6) is -1.49. The number of aromatic nitrogens is 4. The number of carbonyl (C=O) groups is 2. The molecule has 30 heteroatoms. The molecule has 8 aliphatic heterocycles. The van der Waals surface area contributed by atoms with Crippen molar-refractivity contribution < 1.29 is 47.6 Å². The molecule has 4 unspecified atom stereocenters. The summed E-state index contributed by atoms with van der Waals surface area (Å²) in [4.78, 5) is 60.5. The van der Waals surface area contributed by atoms with Crippen LogP contribution in [0.15, 0.2) is 72.1 Å². The first kappa shape index (κ1) is 80.3. The molecule has 0 radical (unpaired) electrons. The average Bonchev–Trinajstić information content (AvgIpc) is 2.79. The Balaban J connectivity index is 0.000000251. The second-order valence-corrected chi connectivity index (χ2v) is 31.5. The summed E-state index contributed by atoms with van der Waals surface area (Å²) >= 11 is 20.6. The molecular formula is C60H102Cl4N11O12P3. The fourth-order valence-electron chi connectivity index (χ4n) is 10.7. The minimum absolute atomic E-state index is 0.00668. The van der Waals surface area contributed by atoms with Gasteiger partial charge in [-0.15, -0.1) is 19.7 Å². The molecule has 90 heavy (non-hydrogen) atoms. The SMILES string of the molecule is C=C[C@@H](O)[C@@H]1CCCN1.C=C[C@H]1OP(Cl)N2CCC[C@@H]12.C=C[C@H]1OP(OC2C[C@H](n3ccc(NC(=O)C(C)C)nc3=O)O[C@@H]2CC)N2CCC[C@@H]12.CCN(CC)CC.CC[C@H]1O[C@@H](n2ccc(NC(=O)C(C)C)nc2=O)CC1O.CN1CCOCC1.ClP(Cl)Cl. The lowest BCUT2D eigenvalue weighted by Gasteiger charge is -2.25. The van der Waals surface area contributed by atoms with Gasteiger partial charge in [-0.3, -0.25) is 18.7 Å². The van der Waals surface area contributed by atoms with E-state index in [1.807, 2.05) is 26.0 Å². The normalized spacial score (nSPS) is 28.9. The van der Waals surface area contributed by atoms with Gasteiger partial charge in [0, 0.05) is 81.4 Å². The Kier molecular flexibility index (Phi) is 37.8. The third-order valence-electron chi connectivity index (χ3n) is 16.2. The maximum atomic E-state index is 12.6. The number of morpholine rings is 1. The van der Waals surface area contributed by atoms with E-state index in [4.69, 9.17) is 72.7 Å². The van der Waals surface area contributed by atoms with Crippen molar-refractivity contribution in [3.8, 4) is 0 Å². The highest BCUT2D eigenvalue weighted by atomic mass is 36.0. The van der Waals surface area contributed by atoms with Gasteiger partial charge >= 0.3 is 11.4 Å². The third-order valence-corrected chi connectivity index (χ3v) is 20.1. The van der Waals surface area contributed by atoms with Gasteiger partial charge in [-0.1, -0.05) is 114 Å². The Morgan fingerprint density at radius 1 is 0.778 bits per heavy atom. The molecular weight excluding hydrogens is 1300 g/mol. The van der Waals surface area contributed by atoms with Crippen molar-refractivity contribution in [1.29, 1.82) is 0 Å². The lowest BCUT2D eigenvalue weighted by molar-refractivity contribution is -0.119. The number of aliphatic hydroxyl groups is 2. The van der Waals surface area contributed by atoms with Gasteiger partial charge in [-0.25, -0.2) is 18.9 Å². The van der Waals surface area contributed by atoms with Crippen LogP contribution < -0.4 is 27.3 Å². The monoisotopic (exact) mass is 1400 g/mol. The van der Waals surface area contributed by atoms with Crippen molar-refractivity contribution in [1.82, 2.24) is 43.6 Å². The molecule has 14 atom stereocenters. The molecule has 8 saturated heterocycles. The second-order valence-electron chi connectivity index (χ2n) is 23.0. The van der Waals surface area contributed by atoms with Crippen molar-refractivity contribution in [2.75, 3.05) is 83.3 Å². The summed E-state index contributed by atoms with van der Waals surface area (Å²) in [5.41, 5.74) is -0.971. The topological polar surface area (TPSA) is 249 Å². The molecule has 0 bridgehead atoms. The predicted octanol–water partition coefficient (Wildman–Crippen LogP) is 11.1. The fourth-order valence-corrected chi connectivity index (χ4v) is 14.9. The number of ether oxygens (including phenoxy) is 3. The molecule has 8 aliphatic rings. The summed E-state index contributed by atoms with van der Waals surface area (Å²) in [7, 11) is 0.138.